The fourth-order valence-corrected chi connectivity index (χ4v) is 11.8. The van der Waals surface area contributed by atoms with E-state index >= 15 is 0 Å². The lowest BCUT2D eigenvalue weighted by molar-refractivity contribution is 0.572. The molecule has 0 N–H and O–H groups in total. The summed E-state index contributed by atoms with van der Waals surface area (Å²) in [5.74, 6) is 0. The first kappa shape index (κ1) is 43.7. The molecule has 0 radical (unpaired) electrons. The van der Waals surface area contributed by atoms with E-state index in [9.17, 15) is 0 Å². The number of hydrogen-bond donors (Lipinski definition) is 0. The lowest BCUT2D eigenvalue weighted by atomic mass is 9.85. The molecule has 346 valence electrons. The highest BCUT2D eigenvalue weighted by Gasteiger charge is 2.29. The van der Waals surface area contributed by atoms with Crippen molar-refractivity contribution in [3.05, 3.63) is 190 Å². The fraction of sp³-hybridized carbons (Fsp3) is 0.212. The predicted octanol–water partition coefficient (Wildman–Crippen LogP) is 19.8. The molecular weight excluding hydrogens is 853 g/mol. The third-order valence-corrected chi connectivity index (χ3v) is 14.8. The second-order valence-corrected chi connectivity index (χ2v) is 22.2. The van der Waals surface area contributed by atoms with E-state index in [1.165, 1.54) is 87.6 Å². The smallest absolute Gasteiger partial charge is 0.159 e. The molecule has 10 aromatic carbocycles. The molecule has 2 aromatic heterocycles. The molecule has 0 aliphatic carbocycles. The van der Waals surface area contributed by atoms with Crippen LogP contribution in [-0.4, -0.2) is 0 Å². The van der Waals surface area contributed by atoms with E-state index in [1.54, 1.807) is 0 Å². The normalized spacial score (nSPS) is 12.6. The highest BCUT2D eigenvalue weighted by atomic mass is 16.3. The van der Waals surface area contributed by atoms with Crippen molar-refractivity contribution in [1.29, 1.82) is 0 Å². The first-order valence-electron chi connectivity index (χ1n) is 24.8. The molecule has 0 amide bonds. The number of rotatable bonds is 6. The average molecular weight is 913 g/mol. The lowest BCUT2D eigenvalue weighted by Crippen LogP contribution is -2.12. The molecule has 0 saturated heterocycles. The SMILES string of the molecule is Cc1cc(C)cc(N(c2ccc3ccc4c(N(c5cc(C)cc(C)c5)c5cccc6c5oc5c(C(C)(C)C)ccc(C)c56)ccc5ccc2c3c54)c2cccc3c2oc2c(C(C)(C)C)ccc(C)c23)c1. The molecule has 0 saturated carbocycles. The molecule has 0 bridgehead atoms. The maximum Gasteiger partial charge on any atom is 0.159 e. The minimum atomic E-state index is -0.0978. The van der Waals surface area contributed by atoms with Crippen molar-refractivity contribution in [2.24, 2.45) is 0 Å². The van der Waals surface area contributed by atoms with E-state index in [4.69, 9.17) is 8.83 Å². The molecule has 4 nitrogen and oxygen atoms in total. The highest BCUT2D eigenvalue weighted by Crippen LogP contribution is 2.52. The highest BCUT2D eigenvalue weighted by molar-refractivity contribution is 6.29. The van der Waals surface area contributed by atoms with E-state index in [0.717, 1.165) is 67.2 Å². The van der Waals surface area contributed by atoms with Crippen molar-refractivity contribution < 1.29 is 8.83 Å². The van der Waals surface area contributed by atoms with Crippen LogP contribution in [0, 0.1) is 41.5 Å². The Labute approximate surface area is 411 Å². The van der Waals surface area contributed by atoms with Gasteiger partial charge in [-0.2, -0.15) is 0 Å². The third-order valence-electron chi connectivity index (χ3n) is 14.8. The van der Waals surface area contributed by atoms with Crippen LogP contribution in [0.3, 0.4) is 0 Å². The molecule has 12 rings (SSSR count). The number of aryl methyl sites for hydroxylation is 6. The van der Waals surface area contributed by atoms with Crippen LogP contribution in [0.2, 0.25) is 0 Å². The van der Waals surface area contributed by atoms with Gasteiger partial charge < -0.3 is 18.6 Å². The minimum Gasteiger partial charge on any atom is -0.454 e. The lowest BCUT2D eigenvalue weighted by Gasteiger charge is -2.30. The zero-order valence-electron chi connectivity index (χ0n) is 42.6. The first-order valence-corrected chi connectivity index (χ1v) is 24.8. The Hall–Kier alpha value is -7.56. The quantitative estimate of drug-likeness (QED) is 0.156. The number of fused-ring (bicyclic) bond motifs is 6. The summed E-state index contributed by atoms with van der Waals surface area (Å²) in [6.07, 6.45) is 0. The number of benzene rings is 10. The predicted molar refractivity (Wildman–Crippen MR) is 300 cm³/mol. The monoisotopic (exact) mass is 912 g/mol. The van der Waals surface area contributed by atoms with Crippen molar-refractivity contribution >= 4 is 110 Å². The maximum absolute atomic E-state index is 7.20. The Bertz CT molecular complexity index is 3800. The van der Waals surface area contributed by atoms with Gasteiger partial charge in [0.2, 0.25) is 0 Å². The zero-order chi connectivity index (χ0) is 48.7. The summed E-state index contributed by atoms with van der Waals surface area (Å²) in [7, 11) is 0. The topological polar surface area (TPSA) is 32.8 Å². The Kier molecular flexibility index (Phi) is 9.66. The number of furan rings is 2. The van der Waals surface area contributed by atoms with Crippen LogP contribution in [0.25, 0.3) is 76.2 Å². The van der Waals surface area contributed by atoms with Crippen molar-refractivity contribution in [2.45, 2.75) is 93.9 Å². The summed E-state index contributed by atoms with van der Waals surface area (Å²) in [4.78, 5) is 4.89. The largest absolute Gasteiger partial charge is 0.454 e. The zero-order valence-corrected chi connectivity index (χ0v) is 42.6. The van der Waals surface area contributed by atoms with Crippen LogP contribution in [0.5, 0.6) is 0 Å². The van der Waals surface area contributed by atoms with E-state index in [1.807, 2.05) is 0 Å². The van der Waals surface area contributed by atoms with Crippen LogP contribution in [0.15, 0.2) is 154 Å². The molecule has 70 heavy (non-hydrogen) atoms. The molecule has 12 aromatic rings. The molecule has 0 atom stereocenters. The second kappa shape index (κ2) is 15.5. The molecule has 0 spiro atoms. The molecule has 2 heterocycles. The van der Waals surface area contributed by atoms with Crippen molar-refractivity contribution in [2.75, 3.05) is 9.80 Å². The van der Waals surface area contributed by atoms with Crippen molar-refractivity contribution in [3.8, 4) is 0 Å². The standard InChI is InChI=1S/C66H60N2O2/c1-37-31-38(2)34-45(33-37)67(55-17-13-15-49-57-41(5)19-27-51(65(7,8)9)63(57)69-61(49)55)53-29-23-43-22-26-48-54(30-24-44-21-25-47(53)59(43)60(44)48)68(46-35-39(3)32-40(4)36-46)56-18-14-16-50-58-42(6)20-28-52(66(10,11)12)64(58)70-62(50)56/h13-36H,1-12H3. The second-order valence-electron chi connectivity index (χ2n) is 22.2. The van der Waals surface area contributed by atoms with Crippen LogP contribution in [0.1, 0.15) is 86.1 Å². The number of anilines is 6. The summed E-state index contributed by atoms with van der Waals surface area (Å²) >= 11 is 0. The van der Waals surface area contributed by atoms with Gasteiger partial charge in [0.1, 0.15) is 11.2 Å². The molecule has 0 aliphatic rings. The maximum atomic E-state index is 7.20. The van der Waals surface area contributed by atoms with E-state index in [0.29, 0.717) is 0 Å². The van der Waals surface area contributed by atoms with Gasteiger partial charge >= 0.3 is 0 Å². The van der Waals surface area contributed by atoms with Crippen LogP contribution < -0.4 is 9.80 Å². The van der Waals surface area contributed by atoms with Gasteiger partial charge in [-0.3, -0.25) is 0 Å². The number of nitrogens with zero attached hydrogens (tertiary/aromatic N) is 2. The van der Waals surface area contributed by atoms with Crippen molar-refractivity contribution in [3.63, 3.8) is 0 Å². The summed E-state index contributed by atoms with van der Waals surface area (Å²) in [6, 6.07) is 54.6. The van der Waals surface area contributed by atoms with Gasteiger partial charge in [-0.1, -0.05) is 139 Å². The average Bonchev–Trinajstić information content (AvgIpc) is 3.89. The number of hydrogen-bond acceptors (Lipinski definition) is 4. The van der Waals surface area contributed by atoms with Crippen molar-refractivity contribution in [1.82, 2.24) is 0 Å². The van der Waals surface area contributed by atoms with Crippen LogP contribution >= 0.6 is 0 Å². The summed E-state index contributed by atoms with van der Waals surface area (Å²) in [5, 5.41) is 11.8. The van der Waals surface area contributed by atoms with Crippen LogP contribution in [0.4, 0.5) is 34.1 Å². The summed E-state index contributed by atoms with van der Waals surface area (Å²) in [5.41, 5.74) is 19.6. The Balaban J connectivity index is 1.15. The first-order chi connectivity index (χ1) is 33.4. The molecule has 4 heteroatoms. The van der Waals surface area contributed by atoms with Gasteiger partial charge in [-0.15, -0.1) is 0 Å². The number of para-hydroxylation sites is 2. The molecular formula is C66H60N2O2. The third kappa shape index (κ3) is 6.71. The molecule has 0 fully saturated rings. The Morgan fingerprint density at radius 1 is 0.329 bits per heavy atom. The summed E-state index contributed by atoms with van der Waals surface area (Å²) in [6.45, 7) is 26.8. The Morgan fingerprint density at radius 3 is 1.07 bits per heavy atom. The van der Waals surface area contributed by atoms with Gasteiger partial charge in [-0.25, -0.2) is 0 Å². The van der Waals surface area contributed by atoms with E-state index in [2.05, 4.69) is 238 Å². The fourth-order valence-electron chi connectivity index (χ4n) is 11.8. The van der Waals surface area contributed by atoms with Gasteiger partial charge in [-0.05, 0) is 156 Å². The van der Waals surface area contributed by atoms with E-state index < -0.39 is 0 Å². The summed E-state index contributed by atoms with van der Waals surface area (Å²) < 4.78 is 14.4. The van der Waals surface area contributed by atoms with Gasteiger partial charge in [0, 0.05) is 54.8 Å². The molecule has 0 unspecified atom stereocenters. The Morgan fingerprint density at radius 2 is 0.700 bits per heavy atom. The minimum absolute atomic E-state index is 0.0978. The van der Waals surface area contributed by atoms with Gasteiger partial charge in [0.05, 0.1) is 22.7 Å². The van der Waals surface area contributed by atoms with Gasteiger partial charge in [0.25, 0.3) is 0 Å². The molecule has 0 aliphatic heterocycles. The van der Waals surface area contributed by atoms with Gasteiger partial charge in [0.15, 0.2) is 11.2 Å². The van der Waals surface area contributed by atoms with Crippen LogP contribution in [-0.2, 0) is 10.8 Å². The van der Waals surface area contributed by atoms with E-state index in [-0.39, 0.29) is 10.8 Å².